The molecule has 3 rings (SSSR count). The van der Waals surface area contributed by atoms with Crippen molar-refractivity contribution < 1.29 is 4.79 Å². The number of hydrogen-bond donors (Lipinski definition) is 0. The van der Waals surface area contributed by atoms with Crippen LogP contribution in [0.4, 0.5) is 5.69 Å². The van der Waals surface area contributed by atoms with Gasteiger partial charge in [-0.15, -0.1) is 0 Å². The second-order valence-corrected chi connectivity index (χ2v) is 4.90. The van der Waals surface area contributed by atoms with Gasteiger partial charge in [0, 0.05) is 0 Å². The minimum atomic E-state index is 0.0000211. The molecule has 88 valence electrons. The maximum absolute atomic E-state index is 12.2. The Hall–Kier alpha value is -1.35. The van der Waals surface area contributed by atoms with Gasteiger partial charge in [-0.05, 0) is 31.4 Å². The molecule has 2 aliphatic rings. The third-order valence-electron chi connectivity index (χ3n) is 3.39. The molecule has 1 atom stereocenters. The molecule has 0 aromatic heterocycles. The molecule has 1 aliphatic carbocycles. The first-order chi connectivity index (χ1) is 8.27. The molecule has 1 unspecified atom stereocenters. The van der Waals surface area contributed by atoms with Crippen LogP contribution < -0.4 is 5.01 Å². The van der Waals surface area contributed by atoms with Crippen molar-refractivity contribution in [2.45, 2.75) is 25.7 Å². The van der Waals surface area contributed by atoms with Crippen molar-refractivity contribution in [3.63, 3.8) is 0 Å². The van der Waals surface area contributed by atoms with Gasteiger partial charge in [-0.2, -0.15) is 10.1 Å². The SMILES string of the molecule is O=C1C2CCCCC2=NN1c1ccccc1Cl. The zero-order chi connectivity index (χ0) is 11.8. The smallest absolute Gasteiger partial charge is 0.256 e. The van der Waals surface area contributed by atoms with E-state index in [0.29, 0.717) is 10.7 Å². The molecule has 17 heavy (non-hydrogen) atoms. The first-order valence-electron chi connectivity index (χ1n) is 5.93. The molecular weight excluding hydrogens is 236 g/mol. The minimum Gasteiger partial charge on any atom is -0.272 e. The molecule has 1 aromatic rings. The van der Waals surface area contributed by atoms with E-state index in [1.54, 1.807) is 6.07 Å². The lowest BCUT2D eigenvalue weighted by Gasteiger charge is -2.17. The summed E-state index contributed by atoms with van der Waals surface area (Å²) in [6, 6.07) is 7.34. The number of carbonyl (C=O) groups is 1. The normalized spacial score (nSPS) is 23.6. The average molecular weight is 249 g/mol. The summed E-state index contributed by atoms with van der Waals surface area (Å²) in [6.45, 7) is 0. The summed E-state index contributed by atoms with van der Waals surface area (Å²) in [7, 11) is 0. The van der Waals surface area contributed by atoms with E-state index >= 15 is 0 Å². The fourth-order valence-electron chi connectivity index (χ4n) is 2.50. The van der Waals surface area contributed by atoms with Gasteiger partial charge >= 0.3 is 0 Å². The maximum Gasteiger partial charge on any atom is 0.256 e. The largest absolute Gasteiger partial charge is 0.272 e. The maximum atomic E-state index is 12.2. The lowest BCUT2D eigenvalue weighted by Crippen LogP contribution is -2.29. The van der Waals surface area contributed by atoms with Crippen LogP contribution in [-0.4, -0.2) is 11.6 Å². The number of fused-ring (bicyclic) bond motifs is 1. The third kappa shape index (κ3) is 1.75. The highest BCUT2D eigenvalue weighted by Gasteiger charge is 2.38. The van der Waals surface area contributed by atoms with Crippen molar-refractivity contribution in [1.82, 2.24) is 0 Å². The molecule has 0 spiro atoms. The lowest BCUT2D eigenvalue weighted by atomic mass is 9.87. The van der Waals surface area contributed by atoms with Crippen molar-refractivity contribution >= 4 is 28.9 Å². The predicted octanol–water partition coefficient (Wildman–Crippen LogP) is 3.23. The molecule has 0 N–H and O–H groups in total. The van der Waals surface area contributed by atoms with Gasteiger partial charge in [0.25, 0.3) is 5.91 Å². The van der Waals surface area contributed by atoms with Crippen molar-refractivity contribution in [3.8, 4) is 0 Å². The van der Waals surface area contributed by atoms with Crippen LogP contribution in [0.3, 0.4) is 0 Å². The number of hydrogen-bond acceptors (Lipinski definition) is 2. The van der Waals surface area contributed by atoms with Crippen molar-refractivity contribution in [3.05, 3.63) is 29.3 Å². The number of hydrazone groups is 1. The third-order valence-corrected chi connectivity index (χ3v) is 3.71. The highest BCUT2D eigenvalue weighted by Crippen LogP contribution is 2.34. The summed E-state index contributed by atoms with van der Waals surface area (Å²) in [6.07, 6.45) is 4.13. The van der Waals surface area contributed by atoms with Crippen LogP contribution in [0.15, 0.2) is 29.4 Å². The molecule has 1 fully saturated rings. The van der Waals surface area contributed by atoms with Gasteiger partial charge in [-0.25, -0.2) is 0 Å². The van der Waals surface area contributed by atoms with Crippen LogP contribution in [0.25, 0.3) is 0 Å². The van der Waals surface area contributed by atoms with Crippen LogP contribution in [-0.2, 0) is 4.79 Å². The first kappa shape index (κ1) is 10.8. The second kappa shape index (κ2) is 4.15. The van der Waals surface area contributed by atoms with Crippen LogP contribution >= 0.6 is 11.6 Å². The molecule has 3 nitrogen and oxygen atoms in total. The Morgan fingerprint density at radius 2 is 2.12 bits per heavy atom. The standard InChI is InChI=1S/C13H13ClN2O/c14-10-6-2-4-8-12(10)16-13(17)9-5-1-3-7-11(9)15-16/h2,4,6,8-9H,1,3,5,7H2. The number of rotatable bonds is 1. The molecule has 1 heterocycles. The summed E-state index contributed by atoms with van der Waals surface area (Å²) in [5.74, 6) is 0.0767. The van der Waals surface area contributed by atoms with Crippen molar-refractivity contribution in [2.75, 3.05) is 5.01 Å². The van der Waals surface area contributed by atoms with Crippen LogP contribution in [0.2, 0.25) is 5.02 Å². The van der Waals surface area contributed by atoms with E-state index in [2.05, 4.69) is 5.10 Å². The Bertz CT molecular complexity index is 498. The van der Waals surface area contributed by atoms with Gasteiger partial charge in [0.2, 0.25) is 0 Å². The molecule has 1 aromatic carbocycles. The summed E-state index contributed by atoms with van der Waals surface area (Å²) in [5, 5.41) is 6.49. The molecule has 4 heteroatoms. The zero-order valence-electron chi connectivity index (χ0n) is 9.40. The zero-order valence-corrected chi connectivity index (χ0v) is 10.2. The van der Waals surface area contributed by atoms with E-state index in [9.17, 15) is 4.79 Å². The summed E-state index contributed by atoms with van der Waals surface area (Å²) in [4.78, 5) is 12.2. The van der Waals surface area contributed by atoms with Crippen LogP contribution in [0.1, 0.15) is 25.7 Å². The van der Waals surface area contributed by atoms with Crippen LogP contribution in [0, 0.1) is 5.92 Å². The summed E-state index contributed by atoms with van der Waals surface area (Å²) in [5.41, 5.74) is 1.72. The topological polar surface area (TPSA) is 32.7 Å². The second-order valence-electron chi connectivity index (χ2n) is 4.49. The van der Waals surface area contributed by atoms with E-state index in [1.165, 1.54) is 5.01 Å². The number of nitrogens with zero attached hydrogens (tertiary/aromatic N) is 2. The highest BCUT2D eigenvalue weighted by molar-refractivity contribution is 6.34. The monoisotopic (exact) mass is 248 g/mol. The fourth-order valence-corrected chi connectivity index (χ4v) is 2.72. The van der Waals surface area contributed by atoms with Gasteiger partial charge in [0.1, 0.15) is 0 Å². The van der Waals surface area contributed by atoms with Crippen molar-refractivity contribution in [2.24, 2.45) is 11.0 Å². The molecule has 1 aliphatic heterocycles. The van der Waals surface area contributed by atoms with Gasteiger partial charge in [0.15, 0.2) is 0 Å². The Morgan fingerprint density at radius 1 is 1.29 bits per heavy atom. The number of para-hydroxylation sites is 1. The number of anilines is 1. The molecule has 0 radical (unpaired) electrons. The molecule has 1 saturated carbocycles. The summed E-state index contributed by atoms with van der Waals surface area (Å²) >= 11 is 6.10. The number of carbonyl (C=O) groups excluding carboxylic acids is 1. The Morgan fingerprint density at radius 3 is 2.88 bits per heavy atom. The predicted molar refractivity (Wildman–Crippen MR) is 68.3 cm³/mol. The average Bonchev–Trinajstić information content (AvgIpc) is 2.68. The van der Waals surface area contributed by atoms with E-state index in [0.717, 1.165) is 31.4 Å². The fraction of sp³-hybridized carbons (Fsp3) is 0.385. The summed E-state index contributed by atoms with van der Waals surface area (Å²) < 4.78 is 0. The number of halogens is 1. The molecular formula is C13H13ClN2O. The van der Waals surface area contributed by atoms with E-state index < -0.39 is 0 Å². The Balaban J connectivity index is 1.98. The quantitative estimate of drug-likeness (QED) is 0.751. The number of benzene rings is 1. The molecule has 1 amide bonds. The van der Waals surface area contributed by atoms with Gasteiger partial charge < -0.3 is 0 Å². The van der Waals surface area contributed by atoms with E-state index in [4.69, 9.17) is 11.6 Å². The van der Waals surface area contributed by atoms with Gasteiger partial charge in [0.05, 0.1) is 22.3 Å². The molecule has 0 bridgehead atoms. The Kier molecular flexibility index (Phi) is 2.63. The minimum absolute atomic E-state index is 0.0000211. The number of amides is 1. The van der Waals surface area contributed by atoms with Gasteiger partial charge in [-0.1, -0.05) is 30.2 Å². The highest BCUT2D eigenvalue weighted by atomic mass is 35.5. The van der Waals surface area contributed by atoms with Gasteiger partial charge in [-0.3, -0.25) is 4.79 Å². The van der Waals surface area contributed by atoms with Crippen LogP contribution in [0.5, 0.6) is 0 Å². The first-order valence-corrected chi connectivity index (χ1v) is 6.31. The van der Waals surface area contributed by atoms with E-state index in [1.807, 2.05) is 18.2 Å². The Labute approximate surface area is 105 Å². The molecule has 0 saturated heterocycles. The lowest BCUT2D eigenvalue weighted by molar-refractivity contribution is -0.120. The van der Waals surface area contributed by atoms with Crippen molar-refractivity contribution in [1.29, 1.82) is 0 Å². The van der Waals surface area contributed by atoms with E-state index in [-0.39, 0.29) is 11.8 Å².